The molecule has 0 saturated heterocycles. The molecule has 2 aromatic heterocycles. The van der Waals surface area contributed by atoms with Crippen molar-refractivity contribution in [2.24, 2.45) is 5.92 Å². The average Bonchev–Trinajstić information content (AvgIpc) is 3.29. The molecule has 0 saturated carbocycles. The number of carbonyl (C=O) groups excluding carboxylic acids is 1. The number of tetrazole rings is 1. The Morgan fingerprint density at radius 1 is 1.16 bits per heavy atom. The number of carbonyl (C=O) groups is 1. The number of H-pyrrole nitrogens is 1. The van der Waals surface area contributed by atoms with Gasteiger partial charge in [-0.2, -0.15) is 0 Å². The van der Waals surface area contributed by atoms with Crippen molar-refractivity contribution < 1.29 is 13.9 Å². The molecule has 0 aliphatic rings. The number of hydrogen-bond acceptors (Lipinski definition) is 7. The minimum atomic E-state index is -0.440. The molecule has 0 radical (unpaired) electrons. The molecule has 4 rings (SSSR count). The SMILES string of the molecule is CCOC(=O)Cn1nnnc1[C@@H](C(C)C)N(Cc1ccc(F)cc1)Cc1cc2cccc(C)c2[nH]c1=O. The van der Waals surface area contributed by atoms with E-state index in [1.165, 1.54) is 16.8 Å². The van der Waals surface area contributed by atoms with Gasteiger partial charge in [0.25, 0.3) is 5.56 Å². The lowest BCUT2D eigenvalue weighted by Gasteiger charge is -2.33. The maximum absolute atomic E-state index is 13.6. The number of nitrogens with zero attached hydrogens (tertiary/aromatic N) is 5. The predicted molar refractivity (Wildman–Crippen MR) is 137 cm³/mol. The minimum Gasteiger partial charge on any atom is -0.465 e. The first-order valence-corrected chi connectivity index (χ1v) is 12.3. The Balaban J connectivity index is 1.76. The molecule has 2 heterocycles. The van der Waals surface area contributed by atoms with Crippen LogP contribution in [0.1, 0.15) is 49.3 Å². The molecule has 0 aliphatic carbocycles. The smallest absolute Gasteiger partial charge is 0.327 e. The van der Waals surface area contributed by atoms with E-state index in [0.717, 1.165) is 22.0 Å². The van der Waals surface area contributed by atoms with Crippen molar-refractivity contribution in [1.29, 1.82) is 0 Å². The molecule has 0 bridgehead atoms. The number of esters is 1. The molecule has 4 aromatic rings. The van der Waals surface area contributed by atoms with E-state index in [0.29, 0.717) is 17.9 Å². The molecule has 9 nitrogen and oxygen atoms in total. The first-order chi connectivity index (χ1) is 17.8. The second-order valence-corrected chi connectivity index (χ2v) is 9.38. The second-order valence-electron chi connectivity index (χ2n) is 9.38. The van der Waals surface area contributed by atoms with Gasteiger partial charge in [-0.05, 0) is 64.9 Å². The highest BCUT2D eigenvalue weighted by Crippen LogP contribution is 2.30. The highest BCUT2D eigenvalue weighted by molar-refractivity contribution is 5.81. The van der Waals surface area contributed by atoms with Crippen molar-refractivity contribution in [2.45, 2.75) is 53.4 Å². The zero-order chi connectivity index (χ0) is 26.5. The van der Waals surface area contributed by atoms with Crippen LogP contribution in [0.3, 0.4) is 0 Å². The Morgan fingerprint density at radius 2 is 1.92 bits per heavy atom. The number of aromatic nitrogens is 5. The van der Waals surface area contributed by atoms with Crippen molar-refractivity contribution in [3.63, 3.8) is 0 Å². The maximum Gasteiger partial charge on any atom is 0.327 e. The Kier molecular flexibility index (Phi) is 8.08. The minimum absolute atomic E-state index is 0.00850. The van der Waals surface area contributed by atoms with Gasteiger partial charge in [-0.15, -0.1) is 5.10 Å². The Bertz CT molecular complexity index is 1430. The molecular weight excluding hydrogens is 475 g/mol. The van der Waals surface area contributed by atoms with Crippen molar-refractivity contribution in [2.75, 3.05) is 6.61 Å². The van der Waals surface area contributed by atoms with E-state index in [1.807, 2.05) is 45.0 Å². The van der Waals surface area contributed by atoms with Gasteiger partial charge in [-0.25, -0.2) is 9.07 Å². The summed E-state index contributed by atoms with van der Waals surface area (Å²) in [6, 6.07) is 13.7. The normalized spacial score (nSPS) is 12.4. The fourth-order valence-electron chi connectivity index (χ4n) is 4.59. The summed E-state index contributed by atoms with van der Waals surface area (Å²) in [6.45, 7) is 8.56. The largest absolute Gasteiger partial charge is 0.465 e. The summed E-state index contributed by atoms with van der Waals surface area (Å²) in [5.74, 6) is -0.271. The summed E-state index contributed by atoms with van der Waals surface area (Å²) in [5, 5.41) is 13.0. The molecule has 0 aliphatic heterocycles. The summed E-state index contributed by atoms with van der Waals surface area (Å²) >= 11 is 0. The van der Waals surface area contributed by atoms with Crippen LogP contribution in [0.25, 0.3) is 10.9 Å². The third-order valence-corrected chi connectivity index (χ3v) is 6.27. The number of fused-ring (bicyclic) bond motifs is 1. The monoisotopic (exact) mass is 506 g/mol. The van der Waals surface area contributed by atoms with Gasteiger partial charge < -0.3 is 9.72 Å². The van der Waals surface area contributed by atoms with Crippen LogP contribution in [-0.2, 0) is 29.2 Å². The fraction of sp³-hybridized carbons (Fsp3) is 0.370. The average molecular weight is 507 g/mol. The summed E-state index contributed by atoms with van der Waals surface area (Å²) in [4.78, 5) is 30.4. The van der Waals surface area contributed by atoms with Gasteiger partial charge in [0, 0.05) is 18.7 Å². The van der Waals surface area contributed by atoms with Crippen LogP contribution in [-0.4, -0.2) is 42.7 Å². The fourth-order valence-corrected chi connectivity index (χ4v) is 4.59. The van der Waals surface area contributed by atoms with E-state index in [9.17, 15) is 14.0 Å². The highest BCUT2D eigenvalue weighted by atomic mass is 19.1. The van der Waals surface area contributed by atoms with E-state index < -0.39 is 5.97 Å². The van der Waals surface area contributed by atoms with E-state index in [2.05, 4.69) is 25.4 Å². The molecule has 1 atom stereocenters. The first kappa shape index (κ1) is 26.2. The Hall–Kier alpha value is -3.92. The molecule has 194 valence electrons. The van der Waals surface area contributed by atoms with Crippen LogP contribution in [0.5, 0.6) is 0 Å². The lowest BCUT2D eigenvalue weighted by Crippen LogP contribution is -2.35. The molecule has 1 N–H and O–H groups in total. The quantitative estimate of drug-likeness (QED) is 0.325. The zero-order valence-electron chi connectivity index (χ0n) is 21.4. The summed E-state index contributed by atoms with van der Waals surface area (Å²) in [6.07, 6.45) is 0. The highest BCUT2D eigenvalue weighted by Gasteiger charge is 2.30. The Labute approximate surface area is 214 Å². The van der Waals surface area contributed by atoms with Crippen LogP contribution in [0.15, 0.2) is 53.3 Å². The number of aromatic amines is 1. The summed E-state index contributed by atoms with van der Waals surface area (Å²) in [5.41, 5.74) is 3.06. The summed E-state index contributed by atoms with van der Waals surface area (Å²) < 4.78 is 20.1. The van der Waals surface area contributed by atoms with E-state index in [1.54, 1.807) is 19.1 Å². The maximum atomic E-state index is 13.6. The van der Waals surface area contributed by atoms with Crippen molar-refractivity contribution in [1.82, 2.24) is 30.1 Å². The van der Waals surface area contributed by atoms with Crippen LogP contribution in [0.4, 0.5) is 4.39 Å². The molecule has 0 unspecified atom stereocenters. The molecular formula is C27H31FN6O3. The third-order valence-electron chi connectivity index (χ3n) is 6.27. The molecule has 10 heteroatoms. The van der Waals surface area contributed by atoms with Crippen molar-refractivity contribution in [3.8, 4) is 0 Å². The van der Waals surface area contributed by atoms with Crippen molar-refractivity contribution >= 4 is 16.9 Å². The van der Waals surface area contributed by atoms with E-state index in [4.69, 9.17) is 4.74 Å². The number of rotatable bonds is 10. The van der Waals surface area contributed by atoms with Gasteiger partial charge in [0.2, 0.25) is 0 Å². The van der Waals surface area contributed by atoms with Gasteiger partial charge >= 0.3 is 5.97 Å². The van der Waals surface area contributed by atoms with E-state index >= 15 is 0 Å². The third kappa shape index (κ3) is 6.08. The number of aryl methyl sites for hydroxylation is 1. The van der Waals surface area contributed by atoms with Gasteiger partial charge in [0.1, 0.15) is 12.4 Å². The number of nitrogens with one attached hydrogen (secondary N) is 1. The topological polar surface area (TPSA) is 106 Å². The second kappa shape index (κ2) is 11.4. The number of ether oxygens (including phenoxy) is 1. The molecule has 0 amide bonds. The molecule has 0 spiro atoms. The molecule has 2 aromatic carbocycles. The van der Waals surface area contributed by atoms with Gasteiger partial charge in [-0.3, -0.25) is 14.5 Å². The standard InChI is InChI=1S/C27H31FN6O3/c1-5-37-23(35)16-34-26(30-31-32-34)25(17(2)3)33(14-19-9-11-22(28)12-10-19)15-21-13-20-8-6-7-18(4)24(20)29-27(21)36/h6-13,17,25H,5,14-16H2,1-4H3,(H,29,36)/t25-/m1/s1. The number of hydrogen-bond donors (Lipinski definition) is 1. The van der Waals surface area contributed by atoms with Gasteiger partial charge in [0.15, 0.2) is 5.82 Å². The number of benzene rings is 2. The Morgan fingerprint density at radius 3 is 2.62 bits per heavy atom. The number of halogens is 1. The predicted octanol–water partition coefficient (Wildman–Crippen LogP) is 3.92. The van der Waals surface area contributed by atoms with E-state index in [-0.39, 0.29) is 43.0 Å². The number of para-hydroxylation sites is 1. The zero-order valence-corrected chi connectivity index (χ0v) is 21.4. The van der Waals surface area contributed by atoms with Crippen LogP contribution >= 0.6 is 0 Å². The van der Waals surface area contributed by atoms with Gasteiger partial charge in [0.05, 0.1) is 18.2 Å². The summed E-state index contributed by atoms with van der Waals surface area (Å²) in [7, 11) is 0. The first-order valence-electron chi connectivity index (χ1n) is 12.3. The molecule has 37 heavy (non-hydrogen) atoms. The van der Waals surface area contributed by atoms with Crippen LogP contribution < -0.4 is 5.56 Å². The molecule has 0 fully saturated rings. The van der Waals surface area contributed by atoms with Crippen LogP contribution in [0.2, 0.25) is 0 Å². The lowest BCUT2D eigenvalue weighted by atomic mass is 9.99. The van der Waals surface area contributed by atoms with Crippen molar-refractivity contribution in [3.05, 3.63) is 87.2 Å². The van der Waals surface area contributed by atoms with Crippen LogP contribution in [0, 0.1) is 18.7 Å². The lowest BCUT2D eigenvalue weighted by molar-refractivity contribution is -0.144. The number of pyridine rings is 1. The van der Waals surface area contributed by atoms with Gasteiger partial charge in [-0.1, -0.05) is 44.2 Å².